The van der Waals surface area contributed by atoms with Crippen LogP contribution in [0.15, 0.2) is 36.4 Å². The molecule has 0 spiro atoms. The van der Waals surface area contributed by atoms with Crippen molar-refractivity contribution in [2.45, 2.75) is 19.4 Å². The van der Waals surface area contributed by atoms with Crippen LogP contribution in [0, 0.1) is 17.3 Å². The summed E-state index contributed by atoms with van der Waals surface area (Å²) in [5, 5.41) is 19.0. The first kappa shape index (κ1) is 12.7. The summed E-state index contributed by atoms with van der Waals surface area (Å²) in [4.78, 5) is 0. The Morgan fingerprint density at radius 2 is 2.05 bits per heavy atom. The van der Waals surface area contributed by atoms with Gasteiger partial charge in [-0.2, -0.15) is 0 Å². The van der Waals surface area contributed by atoms with Crippen molar-refractivity contribution >= 4 is 0 Å². The second-order valence-corrected chi connectivity index (χ2v) is 5.93. The topological polar surface area (TPSA) is 49.7 Å². The van der Waals surface area contributed by atoms with E-state index in [4.69, 9.17) is 4.74 Å². The second kappa shape index (κ2) is 4.66. The maximum atomic E-state index is 9.61. The molecule has 1 heterocycles. The summed E-state index contributed by atoms with van der Waals surface area (Å²) >= 11 is 0. The van der Waals surface area contributed by atoms with Crippen LogP contribution < -0.4 is 0 Å². The maximum absolute atomic E-state index is 9.61. The van der Waals surface area contributed by atoms with Crippen molar-refractivity contribution < 1.29 is 14.9 Å². The van der Waals surface area contributed by atoms with Gasteiger partial charge in [0.05, 0.1) is 19.3 Å². The van der Waals surface area contributed by atoms with Crippen LogP contribution >= 0.6 is 0 Å². The van der Waals surface area contributed by atoms with Gasteiger partial charge in [-0.25, -0.2) is 0 Å². The van der Waals surface area contributed by atoms with Gasteiger partial charge in [0.25, 0.3) is 0 Å². The third-order valence-electron chi connectivity index (χ3n) is 4.55. The van der Waals surface area contributed by atoms with E-state index in [1.165, 1.54) is 0 Å². The van der Waals surface area contributed by atoms with Gasteiger partial charge in [-0.3, -0.25) is 0 Å². The van der Waals surface area contributed by atoms with Gasteiger partial charge in [0, 0.05) is 5.41 Å². The Balaban J connectivity index is 1.90. The Labute approximate surface area is 113 Å². The van der Waals surface area contributed by atoms with Crippen LogP contribution in [-0.4, -0.2) is 23.4 Å². The highest BCUT2D eigenvalue weighted by atomic mass is 16.5. The Morgan fingerprint density at radius 1 is 1.32 bits per heavy atom. The minimum atomic E-state index is -0.190. The molecule has 0 radical (unpaired) electrons. The molecule has 1 aliphatic carbocycles. The monoisotopic (exact) mass is 260 g/mol. The van der Waals surface area contributed by atoms with Crippen LogP contribution in [0.3, 0.4) is 0 Å². The van der Waals surface area contributed by atoms with Crippen LogP contribution in [0.1, 0.15) is 25.0 Å². The number of allylic oxidation sites excluding steroid dienone is 1. The Hall–Kier alpha value is -1.32. The van der Waals surface area contributed by atoms with Gasteiger partial charge in [-0.1, -0.05) is 31.2 Å². The zero-order chi connectivity index (χ0) is 13.5. The quantitative estimate of drug-likeness (QED) is 0.804. The molecule has 0 aromatic heterocycles. The first-order valence-electron chi connectivity index (χ1n) is 6.84. The highest BCUT2D eigenvalue weighted by Gasteiger charge is 2.44. The number of aromatic hydroxyl groups is 1. The molecular weight excluding hydrogens is 240 g/mol. The lowest BCUT2D eigenvalue weighted by Crippen LogP contribution is -2.44. The van der Waals surface area contributed by atoms with Gasteiger partial charge in [-0.05, 0) is 36.0 Å². The number of aliphatic hydroxyl groups excluding tert-OH is 1. The van der Waals surface area contributed by atoms with Gasteiger partial charge >= 0.3 is 0 Å². The van der Waals surface area contributed by atoms with Crippen LogP contribution in [0.4, 0.5) is 0 Å². The van der Waals surface area contributed by atoms with E-state index in [2.05, 4.69) is 19.1 Å². The Kier molecular flexibility index (Phi) is 3.11. The first-order valence-corrected chi connectivity index (χ1v) is 6.84. The minimum absolute atomic E-state index is 0.0558. The summed E-state index contributed by atoms with van der Waals surface area (Å²) in [6.07, 6.45) is 5.36. The van der Waals surface area contributed by atoms with Gasteiger partial charge in [-0.15, -0.1) is 0 Å². The number of fused-ring (bicyclic) bond motifs is 2. The fourth-order valence-electron chi connectivity index (χ4n) is 3.26. The van der Waals surface area contributed by atoms with Crippen molar-refractivity contribution in [1.82, 2.24) is 0 Å². The second-order valence-electron chi connectivity index (χ2n) is 5.93. The number of ether oxygens (including phenoxy) is 1. The summed E-state index contributed by atoms with van der Waals surface area (Å²) in [6, 6.07) is 7.26. The largest absolute Gasteiger partial charge is 0.508 e. The summed E-state index contributed by atoms with van der Waals surface area (Å²) in [5.74, 6) is 1.11. The molecule has 4 atom stereocenters. The molecule has 2 bridgehead atoms. The lowest BCUT2D eigenvalue weighted by molar-refractivity contribution is -0.114. The predicted octanol–water partition coefficient (Wildman–Crippen LogP) is 2.65. The Morgan fingerprint density at radius 3 is 2.74 bits per heavy atom. The highest BCUT2D eigenvalue weighted by Crippen LogP contribution is 2.49. The van der Waals surface area contributed by atoms with E-state index < -0.39 is 0 Å². The standard InChI is InChI=1S/C16H20O3/c1-11-6-7-16(9-17)8-14(11)15(19-10-16)12-2-4-13(18)5-3-12/h2-7,11,14-15,17-18H,8-10H2,1H3/t11?,14-,15-,16-/m0/s1. The average molecular weight is 260 g/mol. The maximum Gasteiger partial charge on any atom is 0.115 e. The zero-order valence-corrected chi connectivity index (χ0v) is 11.1. The highest BCUT2D eigenvalue weighted by molar-refractivity contribution is 5.29. The first-order chi connectivity index (χ1) is 9.13. The molecule has 1 fully saturated rings. The van der Waals surface area contributed by atoms with E-state index in [1.54, 1.807) is 12.1 Å². The number of aliphatic hydroxyl groups is 1. The van der Waals surface area contributed by atoms with Crippen molar-refractivity contribution in [3.63, 3.8) is 0 Å². The fourth-order valence-corrected chi connectivity index (χ4v) is 3.26. The smallest absolute Gasteiger partial charge is 0.115 e. The van der Waals surface area contributed by atoms with Crippen LogP contribution in [-0.2, 0) is 4.74 Å². The van der Waals surface area contributed by atoms with Gasteiger partial charge < -0.3 is 14.9 Å². The molecule has 19 heavy (non-hydrogen) atoms. The van der Waals surface area contributed by atoms with E-state index >= 15 is 0 Å². The molecule has 3 heteroatoms. The van der Waals surface area contributed by atoms with E-state index in [0.717, 1.165) is 12.0 Å². The van der Waals surface area contributed by atoms with Crippen molar-refractivity contribution in [1.29, 1.82) is 0 Å². The van der Waals surface area contributed by atoms with Crippen LogP contribution in [0.2, 0.25) is 0 Å². The van der Waals surface area contributed by atoms with E-state index in [0.29, 0.717) is 18.4 Å². The van der Waals surface area contributed by atoms with E-state index in [9.17, 15) is 10.2 Å². The van der Waals surface area contributed by atoms with Crippen molar-refractivity contribution in [2.24, 2.45) is 17.3 Å². The number of phenolic OH excluding ortho intramolecular Hbond substituents is 1. The molecule has 2 aliphatic rings. The number of hydrogen-bond donors (Lipinski definition) is 2. The van der Waals surface area contributed by atoms with E-state index in [-0.39, 0.29) is 23.9 Å². The summed E-state index contributed by atoms with van der Waals surface area (Å²) in [5.41, 5.74) is 0.918. The van der Waals surface area contributed by atoms with E-state index in [1.807, 2.05) is 12.1 Å². The molecule has 1 saturated heterocycles. The molecule has 102 valence electrons. The van der Waals surface area contributed by atoms with Crippen molar-refractivity contribution in [3.05, 3.63) is 42.0 Å². The summed E-state index contributed by atoms with van der Waals surface area (Å²) in [6.45, 7) is 2.91. The third-order valence-corrected chi connectivity index (χ3v) is 4.55. The molecule has 3 nitrogen and oxygen atoms in total. The number of benzene rings is 1. The van der Waals surface area contributed by atoms with Gasteiger partial charge in [0.1, 0.15) is 5.75 Å². The molecule has 2 N–H and O–H groups in total. The molecule has 1 aliphatic heterocycles. The average Bonchev–Trinajstić information content (AvgIpc) is 2.45. The number of rotatable bonds is 2. The molecule has 1 aromatic carbocycles. The normalized spacial score (nSPS) is 37.3. The van der Waals surface area contributed by atoms with Crippen LogP contribution in [0.25, 0.3) is 0 Å². The summed E-state index contributed by atoms with van der Waals surface area (Å²) < 4.78 is 6.04. The summed E-state index contributed by atoms with van der Waals surface area (Å²) in [7, 11) is 0. The lowest BCUT2D eigenvalue weighted by atomic mass is 9.66. The molecule has 0 saturated carbocycles. The molecule has 3 rings (SSSR count). The lowest BCUT2D eigenvalue weighted by Gasteiger charge is -2.47. The van der Waals surface area contributed by atoms with Crippen molar-refractivity contribution in [2.75, 3.05) is 13.2 Å². The van der Waals surface area contributed by atoms with Gasteiger partial charge in [0.15, 0.2) is 0 Å². The molecular formula is C16H20O3. The molecule has 1 unspecified atom stereocenters. The zero-order valence-electron chi connectivity index (χ0n) is 11.1. The van der Waals surface area contributed by atoms with Gasteiger partial charge in [0.2, 0.25) is 0 Å². The number of phenols is 1. The Bertz CT molecular complexity index is 479. The SMILES string of the molecule is CC1C=C[C@]2(CO)CO[C@@H](c3ccc(O)cc3)[C@H]1C2. The third kappa shape index (κ3) is 2.17. The predicted molar refractivity (Wildman–Crippen MR) is 72.7 cm³/mol. The minimum Gasteiger partial charge on any atom is -0.508 e. The molecule has 0 amide bonds. The fraction of sp³-hybridized carbons (Fsp3) is 0.500. The van der Waals surface area contributed by atoms with Crippen LogP contribution in [0.5, 0.6) is 5.75 Å². The van der Waals surface area contributed by atoms with Crippen molar-refractivity contribution in [3.8, 4) is 5.75 Å². The molecule has 1 aromatic rings. The number of hydrogen-bond acceptors (Lipinski definition) is 3.